The van der Waals surface area contributed by atoms with Crippen LogP contribution in [0.25, 0.3) is 0 Å². The molecular formula is C14H16N4OS. The van der Waals surface area contributed by atoms with Gasteiger partial charge in [0.05, 0.1) is 12.8 Å². The van der Waals surface area contributed by atoms with Crippen LogP contribution in [0.2, 0.25) is 0 Å². The Hall–Kier alpha value is -1.95. The summed E-state index contributed by atoms with van der Waals surface area (Å²) in [5.74, 6) is 1.57. The third-order valence-corrected chi connectivity index (χ3v) is 3.45. The second-order valence-electron chi connectivity index (χ2n) is 5.00. The van der Waals surface area contributed by atoms with E-state index in [1.54, 1.807) is 6.26 Å². The number of rotatable bonds is 5. The van der Waals surface area contributed by atoms with E-state index in [1.165, 1.54) is 0 Å². The first-order valence-corrected chi connectivity index (χ1v) is 6.99. The lowest BCUT2D eigenvalue weighted by atomic mass is 10.3. The van der Waals surface area contributed by atoms with Gasteiger partial charge >= 0.3 is 0 Å². The highest BCUT2D eigenvalue weighted by molar-refractivity contribution is 7.80. The Morgan fingerprint density at radius 3 is 2.90 bits per heavy atom. The molecule has 0 unspecified atom stereocenters. The van der Waals surface area contributed by atoms with Crippen LogP contribution >= 0.6 is 12.2 Å². The van der Waals surface area contributed by atoms with Gasteiger partial charge in [0.25, 0.3) is 0 Å². The average molecular weight is 288 g/mol. The lowest BCUT2D eigenvalue weighted by molar-refractivity contribution is 0.499. The molecule has 6 heteroatoms. The van der Waals surface area contributed by atoms with Gasteiger partial charge in [0, 0.05) is 11.7 Å². The van der Waals surface area contributed by atoms with Gasteiger partial charge in [-0.3, -0.25) is 0 Å². The molecule has 0 atom stereocenters. The zero-order valence-corrected chi connectivity index (χ0v) is 12.1. The van der Waals surface area contributed by atoms with Gasteiger partial charge in [-0.15, -0.1) is 0 Å². The molecular weight excluding hydrogens is 272 g/mol. The minimum absolute atomic E-state index is 0.297. The van der Waals surface area contributed by atoms with Crippen molar-refractivity contribution < 1.29 is 4.42 Å². The highest BCUT2D eigenvalue weighted by Gasteiger charge is 2.31. The molecule has 0 saturated heterocycles. The first-order valence-electron chi connectivity index (χ1n) is 6.58. The molecule has 0 aromatic carbocycles. The van der Waals surface area contributed by atoms with Gasteiger partial charge < -0.3 is 15.1 Å². The van der Waals surface area contributed by atoms with Gasteiger partial charge in [0.1, 0.15) is 16.4 Å². The quantitative estimate of drug-likeness (QED) is 0.851. The number of aryl methyl sites for hydroxylation is 1. The lowest BCUT2D eigenvalue weighted by Gasteiger charge is -2.22. The van der Waals surface area contributed by atoms with Gasteiger partial charge in [-0.05, 0) is 38.0 Å². The molecule has 1 saturated carbocycles. The Morgan fingerprint density at radius 2 is 2.30 bits per heavy atom. The van der Waals surface area contributed by atoms with E-state index in [2.05, 4.69) is 14.9 Å². The highest BCUT2D eigenvalue weighted by atomic mass is 32.1. The van der Waals surface area contributed by atoms with Crippen molar-refractivity contribution in [1.82, 2.24) is 9.97 Å². The van der Waals surface area contributed by atoms with Gasteiger partial charge in [-0.2, -0.15) is 0 Å². The number of furan rings is 1. The molecule has 0 spiro atoms. The molecule has 2 aromatic heterocycles. The van der Waals surface area contributed by atoms with Crippen molar-refractivity contribution in [2.45, 2.75) is 32.4 Å². The summed E-state index contributed by atoms with van der Waals surface area (Å²) in [4.78, 5) is 11.5. The van der Waals surface area contributed by atoms with Gasteiger partial charge in [0.15, 0.2) is 0 Å². The zero-order valence-electron chi connectivity index (χ0n) is 11.2. The van der Waals surface area contributed by atoms with Crippen molar-refractivity contribution in [2.24, 2.45) is 5.73 Å². The number of nitrogens with two attached hydrogens (primary N) is 1. The lowest BCUT2D eigenvalue weighted by Crippen LogP contribution is -2.28. The summed E-state index contributed by atoms with van der Waals surface area (Å²) < 4.78 is 5.42. The molecule has 0 aliphatic heterocycles. The van der Waals surface area contributed by atoms with E-state index in [1.807, 2.05) is 25.1 Å². The van der Waals surface area contributed by atoms with E-state index in [0.717, 1.165) is 24.3 Å². The standard InChI is InChI=1S/C14H16N4OS/c1-9-7-12(13(15)20)17-14(16-9)18(10-4-5-10)8-11-3-2-6-19-11/h2-3,6-7,10H,4-5,8H2,1H3,(H2,15,20). The second-order valence-corrected chi connectivity index (χ2v) is 5.44. The van der Waals surface area contributed by atoms with Crippen LogP contribution in [0.4, 0.5) is 5.95 Å². The first-order chi connectivity index (χ1) is 9.63. The van der Waals surface area contributed by atoms with Crippen LogP contribution in [0.5, 0.6) is 0 Å². The van der Waals surface area contributed by atoms with Crippen LogP contribution in [-0.4, -0.2) is 21.0 Å². The normalized spacial score (nSPS) is 14.2. The maximum absolute atomic E-state index is 5.68. The molecule has 2 N–H and O–H groups in total. The number of thiocarbonyl (C=S) groups is 1. The van der Waals surface area contributed by atoms with Crippen LogP contribution in [0, 0.1) is 6.92 Å². The predicted molar refractivity (Wildman–Crippen MR) is 80.6 cm³/mol. The molecule has 3 rings (SSSR count). The smallest absolute Gasteiger partial charge is 0.226 e. The van der Waals surface area contributed by atoms with Crippen molar-refractivity contribution in [1.29, 1.82) is 0 Å². The minimum Gasteiger partial charge on any atom is -0.467 e. The van der Waals surface area contributed by atoms with Gasteiger partial charge in [0.2, 0.25) is 5.95 Å². The minimum atomic E-state index is 0.297. The maximum Gasteiger partial charge on any atom is 0.226 e. The summed E-state index contributed by atoms with van der Waals surface area (Å²) in [6.45, 7) is 2.59. The summed E-state index contributed by atoms with van der Waals surface area (Å²) in [5, 5.41) is 0. The molecule has 5 nitrogen and oxygen atoms in total. The van der Waals surface area contributed by atoms with Crippen LogP contribution in [0.15, 0.2) is 28.9 Å². The Morgan fingerprint density at radius 1 is 1.50 bits per heavy atom. The Labute approximate surface area is 122 Å². The molecule has 2 aromatic rings. The largest absolute Gasteiger partial charge is 0.467 e. The summed E-state index contributed by atoms with van der Waals surface area (Å²) >= 11 is 5.02. The topological polar surface area (TPSA) is 68.2 Å². The van der Waals surface area contributed by atoms with Crippen LogP contribution < -0.4 is 10.6 Å². The van der Waals surface area contributed by atoms with Crippen molar-refractivity contribution in [3.8, 4) is 0 Å². The molecule has 1 aliphatic rings. The number of anilines is 1. The second kappa shape index (κ2) is 5.20. The number of nitrogens with zero attached hydrogens (tertiary/aromatic N) is 3. The molecule has 20 heavy (non-hydrogen) atoms. The SMILES string of the molecule is Cc1cc(C(N)=S)nc(N(Cc2ccco2)C2CC2)n1. The summed E-state index contributed by atoms with van der Waals surface area (Å²) in [5.41, 5.74) is 7.17. The fourth-order valence-corrected chi connectivity index (χ4v) is 2.23. The zero-order chi connectivity index (χ0) is 14.1. The number of hydrogen-bond acceptors (Lipinski definition) is 5. The Bertz CT molecular complexity index is 622. The Balaban J connectivity index is 1.93. The van der Waals surface area contributed by atoms with Crippen molar-refractivity contribution in [3.05, 3.63) is 41.6 Å². The molecule has 0 bridgehead atoms. The average Bonchev–Trinajstić information content (AvgIpc) is 3.12. The predicted octanol–water partition coefficient (Wildman–Crippen LogP) is 2.18. The molecule has 104 valence electrons. The van der Waals surface area contributed by atoms with Gasteiger partial charge in [-0.1, -0.05) is 12.2 Å². The fraction of sp³-hybridized carbons (Fsp3) is 0.357. The molecule has 1 fully saturated rings. The van der Waals surface area contributed by atoms with Crippen molar-refractivity contribution in [2.75, 3.05) is 4.90 Å². The maximum atomic E-state index is 5.68. The molecule has 0 amide bonds. The van der Waals surface area contributed by atoms with Crippen LogP contribution in [0.1, 0.15) is 30.0 Å². The summed E-state index contributed by atoms with van der Waals surface area (Å²) in [6, 6.07) is 6.13. The summed E-state index contributed by atoms with van der Waals surface area (Å²) in [7, 11) is 0. The van der Waals surface area contributed by atoms with Gasteiger partial charge in [-0.25, -0.2) is 9.97 Å². The molecule has 0 radical (unpaired) electrons. The monoisotopic (exact) mass is 288 g/mol. The fourth-order valence-electron chi connectivity index (χ4n) is 2.13. The third-order valence-electron chi connectivity index (χ3n) is 3.25. The van der Waals surface area contributed by atoms with E-state index in [-0.39, 0.29) is 0 Å². The van der Waals surface area contributed by atoms with Crippen molar-refractivity contribution >= 4 is 23.2 Å². The number of hydrogen-bond donors (Lipinski definition) is 1. The van der Waals surface area contributed by atoms with Crippen LogP contribution in [-0.2, 0) is 6.54 Å². The van der Waals surface area contributed by atoms with E-state index in [4.69, 9.17) is 22.4 Å². The van der Waals surface area contributed by atoms with Crippen LogP contribution in [0.3, 0.4) is 0 Å². The Kier molecular flexibility index (Phi) is 3.40. The van der Waals surface area contributed by atoms with E-state index in [9.17, 15) is 0 Å². The molecule has 2 heterocycles. The highest BCUT2D eigenvalue weighted by Crippen LogP contribution is 2.31. The third kappa shape index (κ3) is 2.80. The molecule has 1 aliphatic carbocycles. The van der Waals surface area contributed by atoms with E-state index >= 15 is 0 Å². The first kappa shape index (κ1) is 13.1. The summed E-state index contributed by atoms with van der Waals surface area (Å²) in [6.07, 6.45) is 3.98. The van der Waals surface area contributed by atoms with E-state index < -0.39 is 0 Å². The van der Waals surface area contributed by atoms with E-state index in [0.29, 0.717) is 29.2 Å². The van der Waals surface area contributed by atoms with Crippen molar-refractivity contribution in [3.63, 3.8) is 0 Å². The number of aromatic nitrogens is 2.